The maximum atomic E-state index is 12.6. The van der Waals surface area contributed by atoms with Gasteiger partial charge in [-0.1, -0.05) is 18.7 Å². The number of amides is 2. The van der Waals surface area contributed by atoms with Crippen molar-refractivity contribution in [2.24, 2.45) is 11.8 Å². The lowest BCUT2D eigenvalue weighted by molar-refractivity contribution is -0.133. The number of nitrogens with zero attached hydrogens (tertiary/aromatic N) is 1. The van der Waals surface area contributed by atoms with Crippen molar-refractivity contribution in [3.63, 3.8) is 0 Å². The highest BCUT2D eigenvalue weighted by atomic mass is 16.4. The summed E-state index contributed by atoms with van der Waals surface area (Å²) in [6.45, 7) is 7.82. The summed E-state index contributed by atoms with van der Waals surface area (Å²) < 4.78 is 0. The minimum atomic E-state index is -1.10. The van der Waals surface area contributed by atoms with Gasteiger partial charge in [0.25, 0.3) is 0 Å². The van der Waals surface area contributed by atoms with E-state index in [-0.39, 0.29) is 17.7 Å². The highest BCUT2D eigenvalue weighted by Gasteiger charge is 2.48. The van der Waals surface area contributed by atoms with Crippen LogP contribution in [-0.4, -0.2) is 39.9 Å². The fourth-order valence-corrected chi connectivity index (χ4v) is 3.44. The van der Waals surface area contributed by atoms with E-state index in [1.54, 1.807) is 6.08 Å². The van der Waals surface area contributed by atoms with Crippen LogP contribution >= 0.6 is 0 Å². The van der Waals surface area contributed by atoms with Crippen LogP contribution in [0.3, 0.4) is 0 Å². The Kier molecular flexibility index (Phi) is 5.03. The number of hydrogen-bond acceptors (Lipinski definition) is 3. The van der Waals surface area contributed by atoms with Gasteiger partial charge in [-0.05, 0) is 31.9 Å². The molecule has 0 aromatic heterocycles. The molecule has 0 spiro atoms. The molecule has 2 saturated heterocycles. The summed E-state index contributed by atoms with van der Waals surface area (Å²) in [6, 6.07) is 0. The van der Waals surface area contributed by atoms with Gasteiger partial charge in [0.15, 0.2) is 0 Å². The number of hydrogen-bond donors (Lipinski definition) is 2. The van der Waals surface area contributed by atoms with E-state index in [1.807, 2.05) is 0 Å². The van der Waals surface area contributed by atoms with Crippen molar-refractivity contribution in [2.75, 3.05) is 6.54 Å². The van der Waals surface area contributed by atoms with Crippen molar-refractivity contribution in [1.29, 1.82) is 0 Å². The molecule has 0 aromatic carbocycles. The van der Waals surface area contributed by atoms with Gasteiger partial charge in [-0.3, -0.25) is 9.59 Å². The molecule has 2 N–H and O–H groups in total. The smallest absolute Gasteiger partial charge is 0.328 e. The van der Waals surface area contributed by atoms with Crippen LogP contribution in [0, 0.1) is 11.8 Å². The van der Waals surface area contributed by atoms with E-state index in [4.69, 9.17) is 5.11 Å². The monoisotopic (exact) mass is 318 g/mol. The molecule has 3 unspecified atom stereocenters. The van der Waals surface area contributed by atoms with Crippen molar-refractivity contribution in [3.05, 3.63) is 37.6 Å². The molecule has 2 heterocycles. The van der Waals surface area contributed by atoms with Crippen LogP contribution in [0.2, 0.25) is 0 Å². The first-order chi connectivity index (χ1) is 10.9. The molecule has 3 atom stereocenters. The third-order valence-electron chi connectivity index (χ3n) is 4.69. The molecule has 2 fully saturated rings. The lowest BCUT2D eigenvalue weighted by Crippen LogP contribution is -2.54. The molecular weight excluding hydrogens is 296 g/mol. The average Bonchev–Trinajstić information content (AvgIpc) is 2.81. The number of aliphatic carboxylic acids is 1. The van der Waals surface area contributed by atoms with Gasteiger partial charge in [-0.2, -0.15) is 0 Å². The van der Waals surface area contributed by atoms with Crippen molar-refractivity contribution >= 4 is 17.8 Å². The second-order valence-electron chi connectivity index (χ2n) is 5.99. The number of nitrogens with one attached hydrogen (secondary N) is 1. The molecule has 2 aliphatic heterocycles. The molecule has 0 aromatic rings. The van der Waals surface area contributed by atoms with E-state index < -0.39 is 17.4 Å². The zero-order valence-electron chi connectivity index (χ0n) is 13.0. The maximum absolute atomic E-state index is 12.6. The lowest BCUT2D eigenvalue weighted by atomic mass is 9.78. The molecule has 0 aliphatic carbocycles. The van der Waals surface area contributed by atoms with E-state index in [0.717, 1.165) is 6.08 Å². The maximum Gasteiger partial charge on any atom is 0.328 e. The first-order valence-electron chi connectivity index (χ1n) is 7.73. The Balaban J connectivity index is 2.38. The van der Waals surface area contributed by atoms with Crippen LogP contribution in [0.25, 0.3) is 0 Å². The van der Waals surface area contributed by atoms with E-state index in [9.17, 15) is 14.4 Å². The molecule has 6 heteroatoms. The molecule has 0 saturated carbocycles. The number of carboxylic acids is 1. The second-order valence-corrected chi connectivity index (χ2v) is 5.99. The fraction of sp³-hybridized carbons (Fsp3) is 0.471. The van der Waals surface area contributed by atoms with E-state index in [2.05, 4.69) is 18.5 Å². The Morgan fingerprint density at radius 1 is 1.35 bits per heavy atom. The third kappa shape index (κ3) is 3.36. The summed E-state index contributed by atoms with van der Waals surface area (Å²) in [5.74, 6) is -2.25. The summed E-state index contributed by atoms with van der Waals surface area (Å²) in [7, 11) is 0. The summed E-state index contributed by atoms with van der Waals surface area (Å²) in [6.07, 6.45) is 7.97. The summed E-state index contributed by atoms with van der Waals surface area (Å²) in [5.41, 5.74) is -0.970. The number of rotatable bonds is 5. The molecule has 6 nitrogen and oxygen atoms in total. The van der Waals surface area contributed by atoms with Crippen LogP contribution in [0.15, 0.2) is 37.6 Å². The van der Waals surface area contributed by atoms with Crippen LogP contribution in [0.5, 0.6) is 0 Å². The van der Waals surface area contributed by atoms with Gasteiger partial charge in [-0.15, -0.1) is 6.58 Å². The van der Waals surface area contributed by atoms with Gasteiger partial charge in [0.1, 0.15) is 0 Å². The zero-order chi connectivity index (χ0) is 17.0. The number of likely N-dealkylation sites (tertiary alicyclic amines) is 1. The largest absolute Gasteiger partial charge is 0.478 e. The summed E-state index contributed by atoms with van der Waals surface area (Å²) in [5, 5.41) is 11.9. The van der Waals surface area contributed by atoms with Crippen LogP contribution in [-0.2, 0) is 14.4 Å². The Bertz CT molecular complexity index is 569. The predicted molar refractivity (Wildman–Crippen MR) is 85.2 cm³/mol. The van der Waals surface area contributed by atoms with Crippen molar-refractivity contribution in [3.8, 4) is 0 Å². The first-order valence-corrected chi connectivity index (χ1v) is 7.73. The van der Waals surface area contributed by atoms with Gasteiger partial charge in [-0.25, -0.2) is 4.79 Å². The zero-order valence-corrected chi connectivity index (χ0v) is 13.0. The van der Waals surface area contributed by atoms with Crippen molar-refractivity contribution in [1.82, 2.24) is 10.2 Å². The molecule has 2 rings (SSSR count). The Hall–Kier alpha value is -2.37. The SMILES string of the molecule is C=CC1CCCC(C=CC(=O)O)(C2CCN(C=C)C2=O)NC1=O. The Morgan fingerprint density at radius 3 is 2.65 bits per heavy atom. The minimum absolute atomic E-state index is 0.132. The van der Waals surface area contributed by atoms with Crippen LogP contribution < -0.4 is 5.32 Å². The summed E-state index contributed by atoms with van der Waals surface area (Å²) >= 11 is 0. The Morgan fingerprint density at radius 2 is 2.09 bits per heavy atom. The topological polar surface area (TPSA) is 86.7 Å². The van der Waals surface area contributed by atoms with Gasteiger partial charge in [0, 0.05) is 12.6 Å². The van der Waals surface area contributed by atoms with E-state index in [1.165, 1.54) is 17.2 Å². The average molecular weight is 318 g/mol. The highest BCUT2D eigenvalue weighted by molar-refractivity contribution is 5.88. The number of carbonyl (C=O) groups is 3. The predicted octanol–water partition coefficient (Wildman–Crippen LogP) is 1.46. The standard InChI is InChI=1S/C17H22N2O4/c1-3-12-6-5-9-17(18-15(12)22,10-7-14(20)21)13-8-11-19(4-2)16(13)23/h3-4,7,10,12-13H,1-2,5-6,8-9,11H2,(H,18,22)(H,20,21). The lowest BCUT2D eigenvalue weighted by Gasteiger charge is -2.35. The molecule has 2 amide bonds. The molecule has 2 aliphatic rings. The van der Waals surface area contributed by atoms with Gasteiger partial charge in [0.2, 0.25) is 11.8 Å². The van der Waals surface area contributed by atoms with E-state index >= 15 is 0 Å². The van der Waals surface area contributed by atoms with Crippen molar-refractivity contribution < 1.29 is 19.5 Å². The molecule has 124 valence electrons. The molecule has 23 heavy (non-hydrogen) atoms. The third-order valence-corrected chi connectivity index (χ3v) is 4.69. The number of carboxylic acid groups (broad SMARTS) is 1. The second kappa shape index (κ2) is 6.81. The first kappa shape index (κ1) is 17.0. The summed E-state index contributed by atoms with van der Waals surface area (Å²) in [4.78, 5) is 37.4. The van der Waals surface area contributed by atoms with Gasteiger partial charge < -0.3 is 15.3 Å². The van der Waals surface area contributed by atoms with Crippen LogP contribution in [0.1, 0.15) is 25.7 Å². The normalized spacial score (nSPS) is 31.7. The quantitative estimate of drug-likeness (QED) is 0.593. The molecular formula is C17H22N2O4. The highest BCUT2D eigenvalue weighted by Crippen LogP contribution is 2.37. The molecule has 0 bridgehead atoms. The van der Waals surface area contributed by atoms with E-state index in [0.29, 0.717) is 32.2 Å². The van der Waals surface area contributed by atoms with Gasteiger partial charge >= 0.3 is 5.97 Å². The Labute approximate surface area is 135 Å². The van der Waals surface area contributed by atoms with Crippen LogP contribution in [0.4, 0.5) is 0 Å². The molecule has 0 radical (unpaired) electrons. The minimum Gasteiger partial charge on any atom is -0.478 e. The van der Waals surface area contributed by atoms with Crippen molar-refractivity contribution in [2.45, 2.75) is 31.2 Å². The number of carbonyl (C=O) groups excluding carboxylic acids is 2. The fourth-order valence-electron chi connectivity index (χ4n) is 3.44. The van der Waals surface area contributed by atoms with Gasteiger partial charge in [0.05, 0.1) is 17.4 Å².